The molecule has 1 aromatic carbocycles. The van der Waals surface area contributed by atoms with Crippen molar-refractivity contribution < 1.29 is 9.90 Å². The summed E-state index contributed by atoms with van der Waals surface area (Å²) in [6.45, 7) is 1.97. The van der Waals surface area contributed by atoms with E-state index in [0.717, 1.165) is 11.3 Å². The first kappa shape index (κ1) is 14.7. The molecule has 0 spiro atoms. The van der Waals surface area contributed by atoms with Gasteiger partial charge in [0.1, 0.15) is 5.75 Å². The van der Waals surface area contributed by atoms with Gasteiger partial charge in [-0.05, 0) is 55.0 Å². The Morgan fingerprint density at radius 3 is 2.13 bits per heavy atom. The van der Waals surface area contributed by atoms with Crippen molar-refractivity contribution in [1.29, 1.82) is 0 Å². The number of hydrogen-bond donors (Lipinski definition) is 2. The normalized spacial score (nSPS) is 10.3. The number of aryl methyl sites for hydroxylation is 1. The van der Waals surface area contributed by atoms with Crippen LogP contribution in [0.25, 0.3) is 11.4 Å². The Morgan fingerprint density at radius 1 is 0.913 bits per heavy atom. The molecule has 2 aromatic heterocycles. The van der Waals surface area contributed by atoms with Crippen molar-refractivity contribution >= 4 is 11.6 Å². The molecule has 0 aliphatic rings. The molecule has 0 fully saturated rings. The summed E-state index contributed by atoms with van der Waals surface area (Å²) < 4.78 is 0. The summed E-state index contributed by atoms with van der Waals surface area (Å²) in [4.78, 5) is 20.8. The molecule has 0 aliphatic carbocycles. The van der Waals surface area contributed by atoms with Crippen molar-refractivity contribution in [1.82, 2.24) is 9.97 Å². The summed E-state index contributed by atoms with van der Waals surface area (Å²) in [5.41, 5.74) is 3.62. The second-order valence-electron chi connectivity index (χ2n) is 5.15. The number of pyridine rings is 2. The molecule has 1 amide bonds. The van der Waals surface area contributed by atoms with Gasteiger partial charge in [0.2, 0.25) is 0 Å². The highest BCUT2D eigenvalue weighted by molar-refractivity contribution is 6.04. The maximum absolute atomic E-state index is 12.2. The highest BCUT2D eigenvalue weighted by Crippen LogP contribution is 2.17. The van der Waals surface area contributed by atoms with Crippen molar-refractivity contribution in [2.45, 2.75) is 6.92 Å². The predicted octanol–water partition coefficient (Wildman–Crippen LogP) is 3.41. The number of rotatable bonds is 3. The number of amides is 1. The van der Waals surface area contributed by atoms with Crippen LogP contribution < -0.4 is 5.32 Å². The summed E-state index contributed by atoms with van der Waals surface area (Å²) in [7, 11) is 0. The Balaban J connectivity index is 1.74. The largest absolute Gasteiger partial charge is 0.508 e. The molecule has 0 radical (unpaired) electrons. The van der Waals surface area contributed by atoms with E-state index < -0.39 is 0 Å². The molecule has 0 saturated heterocycles. The third-order valence-electron chi connectivity index (χ3n) is 3.32. The Bertz CT molecular complexity index is 810. The minimum absolute atomic E-state index is 0.152. The number of carbonyl (C=O) groups is 1. The van der Waals surface area contributed by atoms with Gasteiger partial charge in [-0.25, -0.2) is 0 Å². The second-order valence-corrected chi connectivity index (χ2v) is 5.15. The first-order valence-electron chi connectivity index (χ1n) is 7.11. The molecule has 3 aromatic rings. The van der Waals surface area contributed by atoms with Crippen LogP contribution in [0.3, 0.4) is 0 Å². The fraction of sp³-hybridized carbons (Fsp3) is 0.0556. The molecular formula is C18H15N3O2. The van der Waals surface area contributed by atoms with E-state index in [9.17, 15) is 9.90 Å². The maximum atomic E-state index is 12.2. The summed E-state index contributed by atoms with van der Waals surface area (Å²) >= 11 is 0. The smallest absolute Gasteiger partial charge is 0.257 e. The Hall–Kier alpha value is -3.21. The lowest BCUT2D eigenvalue weighted by atomic mass is 10.2. The number of nitrogens with zero attached hydrogens (tertiary/aromatic N) is 2. The molecule has 3 rings (SSSR count). The van der Waals surface area contributed by atoms with Crippen molar-refractivity contribution in [3.05, 3.63) is 72.1 Å². The third-order valence-corrected chi connectivity index (χ3v) is 3.32. The molecule has 0 atom stereocenters. The van der Waals surface area contributed by atoms with Gasteiger partial charge in [0.05, 0.1) is 17.0 Å². The topological polar surface area (TPSA) is 75.1 Å². The lowest BCUT2D eigenvalue weighted by molar-refractivity contribution is 0.102. The zero-order valence-corrected chi connectivity index (χ0v) is 12.5. The van der Waals surface area contributed by atoms with E-state index in [2.05, 4.69) is 15.3 Å². The van der Waals surface area contributed by atoms with E-state index in [1.54, 1.807) is 30.5 Å². The van der Waals surface area contributed by atoms with Crippen LogP contribution in [0.4, 0.5) is 5.69 Å². The van der Waals surface area contributed by atoms with Crippen LogP contribution in [-0.2, 0) is 0 Å². The van der Waals surface area contributed by atoms with E-state index in [0.29, 0.717) is 16.9 Å². The summed E-state index contributed by atoms with van der Waals surface area (Å²) in [5.74, 6) is -0.105. The van der Waals surface area contributed by atoms with Gasteiger partial charge < -0.3 is 10.4 Å². The van der Waals surface area contributed by atoms with Crippen LogP contribution in [0.15, 0.2) is 60.9 Å². The van der Waals surface area contributed by atoms with Crippen LogP contribution in [0, 0.1) is 6.92 Å². The quantitative estimate of drug-likeness (QED) is 0.727. The molecule has 0 aliphatic heterocycles. The predicted molar refractivity (Wildman–Crippen MR) is 88.3 cm³/mol. The molecule has 23 heavy (non-hydrogen) atoms. The Morgan fingerprint density at radius 2 is 1.57 bits per heavy atom. The van der Waals surface area contributed by atoms with Crippen molar-refractivity contribution in [2.24, 2.45) is 0 Å². The van der Waals surface area contributed by atoms with Crippen molar-refractivity contribution in [3.8, 4) is 17.1 Å². The van der Waals surface area contributed by atoms with Crippen molar-refractivity contribution in [2.75, 3.05) is 5.32 Å². The van der Waals surface area contributed by atoms with Gasteiger partial charge in [-0.1, -0.05) is 6.07 Å². The highest BCUT2D eigenvalue weighted by Gasteiger charge is 2.08. The minimum atomic E-state index is -0.258. The first-order valence-corrected chi connectivity index (χ1v) is 7.11. The summed E-state index contributed by atoms with van der Waals surface area (Å²) in [5, 5.41) is 12.0. The van der Waals surface area contributed by atoms with E-state index in [1.165, 1.54) is 18.3 Å². The molecule has 0 unspecified atom stereocenters. The Kier molecular flexibility index (Phi) is 4.01. The average molecular weight is 305 g/mol. The Labute approximate surface area is 133 Å². The summed E-state index contributed by atoms with van der Waals surface area (Å²) in [6.07, 6.45) is 3.30. The molecule has 0 saturated carbocycles. The number of carbonyl (C=O) groups excluding carboxylic acids is 1. The van der Waals surface area contributed by atoms with Crippen LogP contribution >= 0.6 is 0 Å². The number of anilines is 1. The molecule has 5 nitrogen and oxygen atoms in total. The molecule has 2 heterocycles. The average Bonchev–Trinajstić information content (AvgIpc) is 2.58. The minimum Gasteiger partial charge on any atom is -0.508 e. The zero-order chi connectivity index (χ0) is 16.2. The van der Waals surface area contributed by atoms with E-state index in [1.807, 2.05) is 19.1 Å². The van der Waals surface area contributed by atoms with Crippen LogP contribution in [-0.4, -0.2) is 21.0 Å². The standard InChI is InChI=1S/C18H15N3O2/c1-12-2-8-16(19-10-12)17-9-3-13(11-20-17)18(23)21-14-4-6-15(22)7-5-14/h2-11,22H,1H3,(H,21,23). The number of nitrogens with one attached hydrogen (secondary N) is 1. The van der Waals surface area contributed by atoms with Gasteiger partial charge in [-0.3, -0.25) is 14.8 Å². The number of benzene rings is 1. The lowest BCUT2D eigenvalue weighted by Crippen LogP contribution is -2.12. The van der Waals surface area contributed by atoms with Gasteiger partial charge in [0.15, 0.2) is 0 Å². The van der Waals surface area contributed by atoms with E-state index in [4.69, 9.17) is 0 Å². The monoisotopic (exact) mass is 305 g/mol. The molecular weight excluding hydrogens is 290 g/mol. The van der Waals surface area contributed by atoms with Crippen LogP contribution in [0.5, 0.6) is 5.75 Å². The van der Waals surface area contributed by atoms with Gasteiger partial charge in [0, 0.05) is 18.1 Å². The SMILES string of the molecule is Cc1ccc(-c2ccc(C(=O)Nc3ccc(O)cc3)cn2)nc1. The lowest BCUT2D eigenvalue weighted by Gasteiger charge is -2.06. The van der Waals surface area contributed by atoms with Crippen molar-refractivity contribution in [3.63, 3.8) is 0 Å². The number of hydrogen-bond acceptors (Lipinski definition) is 4. The number of phenolic OH excluding ortho intramolecular Hbond substituents is 1. The molecule has 0 bridgehead atoms. The zero-order valence-electron chi connectivity index (χ0n) is 12.5. The molecule has 2 N–H and O–H groups in total. The van der Waals surface area contributed by atoms with E-state index in [-0.39, 0.29) is 11.7 Å². The molecule has 5 heteroatoms. The fourth-order valence-electron chi connectivity index (χ4n) is 2.05. The van der Waals surface area contributed by atoms with Gasteiger partial charge in [-0.2, -0.15) is 0 Å². The number of aromatic nitrogens is 2. The van der Waals surface area contributed by atoms with Crippen LogP contribution in [0.2, 0.25) is 0 Å². The van der Waals surface area contributed by atoms with Gasteiger partial charge in [-0.15, -0.1) is 0 Å². The fourth-order valence-corrected chi connectivity index (χ4v) is 2.05. The second kappa shape index (κ2) is 6.27. The third kappa shape index (κ3) is 3.52. The highest BCUT2D eigenvalue weighted by atomic mass is 16.3. The first-order chi connectivity index (χ1) is 11.1. The van der Waals surface area contributed by atoms with Gasteiger partial charge in [0.25, 0.3) is 5.91 Å². The van der Waals surface area contributed by atoms with Gasteiger partial charge >= 0.3 is 0 Å². The number of aromatic hydroxyl groups is 1. The molecule has 114 valence electrons. The summed E-state index contributed by atoms with van der Waals surface area (Å²) in [6, 6.07) is 13.6. The maximum Gasteiger partial charge on any atom is 0.257 e. The van der Waals surface area contributed by atoms with Crippen LogP contribution in [0.1, 0.15) is 15.9 Å². The number of phenols is 1. The van der Waals surface area contributed by atoms with E-state index >= 15 is 0 Å².